The van der Waals surface area contributed by atoms with Gasteiger partial charge in [0.05, 0.1) is 4.88 Å². The van der Waals surface area contributed by atoms with Crippen LogP contribution in [0.5, 0.6) is 0 Å². The zero-order chi connectivity index (χ0) is 21.4. The first-order valence-electron chi connectivity index (χ1n) is 11.3. The highest BCUT2D eigenvalue weighted by Crippen LogP contribution is 2.33. The Hall–Kier alpha value is -2.72. The van der Waals surface area contributed by atoms with Crippen molar-refractivity contribution in [2.45, 2.75) is 52.0 Å². The van der Waals surface area contributed by atoms with Gasteiger partial charge in [0, 0.05) is 45.9 Å². The van der Waals surface area contributed by atoms with Crippen LogP contribution in [0.15, 0.2) is 53.9 Å². The number of hydrogen-bond acceptors (Lipinski definition) is 3. The Morgan fingerprint density at radius 3 is 2.29 bits per heavy atom. The van der Waals surface area contributed by atoms with E-state index in [1.165, 1.54) is 37.0 Å². The molecule has 0 radical (unpaired) electrons. The Morgan fingerprint density at radius 2 is 1.65 bits per heavy atom. The summed E-state index contributed by atoms with van der Waals surface area (Å²) in [4.78, 5) is 26.6. The van der Waals surface area contributed by atoms with Gasteiger partial charge in [-0.2, -0.15) is 0 Å². The molecule has 5 rings (SSSR count). The van der Waals surface area contributed by atoms with Crippen LogP contribution in [0, 0.1) is 5.92 Å². The zero-order valence-electron chi connectivity index (χ0n) is 17.9. The maximum atomic E-state index is 12.9. The van der Waals surface area contributed by atoms with Gasteiger partial charge >= 0.3 is 0 Å². The number of aromatic nitrogens is 1. The molecule has 1 saturated carbocycles. The molecular weight excluding hydrogens is 402 g/mol. The number of nitrogens with zero attached hydrogens (tertiary/aromatic N) is 1. The monoisotopic (exact) mass is 429 g/mol. The molecule has 1 fully saturated rings. The largest absolute Gasteiger partial charge is 0.341 e. The van der Waals surface area contributed by atoms with Crippen LogP contribution >= 0.6 is 11.3 Å². The van der Waals surface area contributed by atoms with E-state index in [1.807, 2.05) is 47.8 Å². The first kappa shape index (κ1) is 20.2. The van der Waals surface area contributed by atoms with Gasteiger partial charge in [0.25, 0.3) is 0 Å². The molecule has 4 aromatic rings. The standard InChI is InChI=1S/C27H27NO2S/c1-2-28-23-12-10-19(25(29)14-9-18-6-3-4-7-18)16-21(23)22-17-20(11-13-24(22)28)27(30)26-8-5-15-31-26/h5,8,10-13,15-18H,2-4,6-7,9,14H2,1H3. The molecule has 4 heteroatoms. The van der Waals surface area contributed by atoms with Crippen molar-refractivity contribution in [2.75, 3.05) is 0 Å². The molecule has 1 aliphatic rings. The van der Waals surface area contributed by atoms with E-state index in [2.05, 4.69) is 17.6 Å². The normalized spacial score (nSPS) is 14.6. The SMILES string of the molecule is CCn1c2ccc(C(=O)CCC3CCCC3)cc2c2cc(C(=O)c3cccs3)ccc21. The highest BCUT2D eigenvalue weighted by atomic mass is 32.1. The van der Waals surface area contributed by atoms with Crippen molar-refractivity contribution in [3.63, 3.8) is 0 Å². The number of aryl methyl sites for hydroxylation is 1. The molecule has 31 heavy (non-hydrogen) atoms. The van der Waals surface area contributed by atoms with Gasteiger partial charge in [-0.3, -0.25) is 9.59 Å². The number of benzene rings is 2. The number of fused-ring (bicyclic) bond motifs is 3. The summed E-state index contributed by atoms with van der Waals surface area (Å²) in [5, 5.41) is 4.03. The Bertz CT molecular complexity index is 1260. The van der Waals surface area contributed by atoms with Crippen molar-refractivity contribution in [1.29, 1.82) is 0 Å². The fraction of sp³-hybridized carbons (Fsp3) is 0.333. The molecule has 0 amide bonds. The number of carbonyl (C=O) groups is 2. The number of rotatable bonds is 7. The predicted octanol–water partition coefficient (Wildman–Crippen LogP) is 7.26. The quantitative estimate of drug-likeness (QED) is 0.290. The van der Waals surface area contributed by atoms with Gasteiger partial charge in [0.1, 0.15) is 0 Å². The summed E-state index contributed by atoms with van der Waals surface area (Å²) < 4.78 is 2.26. The fourth-order valence-electron chi connectivity index (χ4n) is 5.09. The average molecular weight is 430 g/mol. The fourth-order valence-corrected chi connectivity index (χ4v) is 5.77. The van der Waals surface area contributed by atoms with Gasteiger partial charge in [-0.05, 0) is 67.1 Å². The van der Waals surface area contributed by atoms with Crippen molar-refractivity contribution >= 4 is 44.7 Å². The minimum atomic E-state index is 0.0538. The van der Waals surface area contributed by atoms with Gasteiger partial charge in [-0.1, -0.05) is 31.7 Å². The van der Waals surface area contributed by atoms with Crippen LogP contribution in [0.4, 0.5) is 0 Å². The summed E-state index contributed by atoms with van der Waals surface area (Å²) in [6.07, 6.45) is 6.81. The number of ketones is 2. The lowest BCUT2D eigenvalue weighted by Crippen LogP contribution is -2.03. The smallest absolute Gasteiger partial charge is 0.202 e. The Kier molecular flexibility index (Phi) is 5.49. The molecule has 0 spiro atoms. The van der Waals surface area contributed by atoms with Gasteiger partial charge in [0.15, 0.2) is 5.78 Å². The summed E-state index contributed by atoms with van der Waals surface area (Å²) in [6, 6.07) is 15.8. The van der Waals surface area contributed by atoms with Crippen LogP contribution in [-0.2, 0) is 6.54 Å². The summed E-state index contributed by atoms with van der Waals surface area (Å²) in [7, 11) is 0. The summed E-state index contributed by atoms with van der Waals surface area (Å²) >= 11 is 1.47. The van der Waals surface area contributed by atoms with E-state index in [-0.39, 0.29) is 11.6 Å². The summed E-state index contributed by atoms with van der Waals surface area (Å²) in [6.45, 7) is 2.97. The van der Waals surface area contributed by atoms with E-state index < -0.39 is 0 Å². The van der Waals surface area contributed by atoms with E-state index in [4.69, 9.17) is 0 Å². The van der Waals surface area contributed by atoms with Crippen molar-refractivity contribution in [3.8, 4) is 0 Å². The lowest BCUT2D eigenvalue weighted by Gasteiger charge is -2.08. The Morgan fingerprint density at radius 1 is 0.968 bits per heavy atom. The van der Waals surface area contributed by atoms with Crippen molar-refractivity contribution in [1.82, 2.24) is 4.57 Å². The Balaban J connectivity index is 1.53. The van der Waals surface area contributed by atoms with E-state index in [9.17, 15) is 9.59 Å². The van der Waals surface area contributed by atoms with Crippen LogP contribution in [-0.4, -0.2) is 16.1 Å². The van der Waals surface area contributed by atoms with Crippen LogP contribution in [0.25, 0.3) is 21.8 Å². The molecule has 3 nitrogen and oxygen atoms in total. The minimum Gasteiger partial charge on any atom is -0.341 e. The second kappa shape index (κ2) is 8.43. The van der Waals surface area contributed by atoms with Gasteiger partial charge < -0.3 is 4.57 Å². The van der Waals surface area contributed by atoms with E-state index in [1.54, 1.807) is 0 Å². The van der Waals surface area contributed by atoms with E-state index in [0.29, 0.717) is 12.0 Å². The molecule has 0 unspecified atom stereocenters. The van der Waals surface area contributed by atoms with E-state index >= 15 is 0 Å². The summed E-state index contributed by atoms with van der Waals surface area (Å²) in [5.41, 5.74) is 3.71. The van der Waals surface area contributed by atoms with Crippen molar-refractivity contribution < 1.29 is 9.59 Å². The Labute approximate surface area is 186 Å². The lowest BCUT2D eigenvalue weighted by atomic mass is 9.96. The van der Waals surface area contributed by atoms with Gasteiger partial charge in [-0.25, -0.2) is 0 Å². The zero-order valence-corrected chi connectivity index (χ0v) is 18.7. The summed E-state index contributed by atoms with van der Waals surface area (Å²) in [5.74, 6) is 1.01. The molecule has 0 bridgehead atoms. The van der Waals surface area contributed by atoms with E-state index in [0.717, 1.165) is 51.1 Å². The number of carbonyl (C=O) groups excluding carboxylic acids is 2. The third kappa shape index (κ3) is 3.74. The topological polar surface area (TPSA) is 39.1 Å². The molecule has 1 aliphatic carbocycles. The lowest BCUT2D eigenvalue weighted by molar-refractivity contribution is 0.0973. The third-order valence-electron chi connectivity index (χ3n) is 6.76. The maximum Gasteiger partial charge on any atom is 0.202 e. The average Bonchev–Trinajstić information content (AvgIpc) is 3.56. The number of Topliss-reactive ketones (excluding diaryl/α,β-unsaturated/α-hetero) is 1. The molecule has 158 valence electrons. The molecule has 0 N–H and O–H groups in total. The minimum absolute atomic E-state index is 0.0538. The number of hydrogen-bond donors (Lipinski definition) is 0. The molecule has 2 aromatic heterocycles. The second-order valence-electron chi connectivity index (χ2n) is 8.63. The van der Waals surface area contributed by atoms with Gasteiger partial charge in [0.2, 0.25) is 5.78 Å². The molecule has 2 heterocycles. The molecule has 0 atom stereocenters. The molecular formula is C27H27NO2S. The predicted molar refractivity (Wildman–Crippen MR) is 128 cm³/mol. The first-order chi connectivity index (χ1) is 15.2. The highest BCUT2D eigenvalue weighted by Gasteiger charge is 2.19. The van der Waals surface area contributed by atoms with Crippen LogP contribution in [0.1, 0.15) is 71.0 Å². The third-order valence-corrected chi connectivity index (χ3v) is 7.63. The van der Waals surface area contributed by atoms with Crippen LogP contribution in [0.2, 0.25) is 0 Å². The number of thiophene rings is 1. The molecule has 2 aromatic carbocycles. The van der Waals surface area contributed by atoms with Gasteiger partial charge in [-0.15, -0.1) is 11.3 Å². The molecule has 0 aliphatic heterocycles. The van der Waals surface area contributed by atoms with Crippen molar-refractivity contribution in [2.24, 2.45) is 5.92 Å². The first-order valence-corrected chi connectivity index (χ1v) is 12.2. The highest BCUT2D eigenvalue weighted by molar-refractivity contribution is 7.12. The maximum absolute atomic E-state index is 12.9. The van der Waals surface area contributed by atoms with Crippen LogP contribution < -0.4 is 0 Å². The molecule has 0 saturated heterocycles. The second-order valence-corrected chi connectivity index (χ2v) is 9.57. The van der Waals surface area contributed by atoms with Crippen molar-refractivity contribution in [3.05, 3.63) is 69.9 Å². The van der Waals surface area contributed by atoms with Crippen LogP contribution in [0.3, 0.4) is 0 Å².